The largest absolute Gasteiger partial charge is 0.396 e. The lowest BCUT2D eigenvalue weighted by Crippen LogP contribution is -2.09. The summed E-state index contributed by atoms with van der Waals surface area (Å²) in [6.07, 6.45) is 6.37. The predicted molar refractivity (Wildman–Crippen MR) is 80.6 cm³/mol. The number of unbranched alkanes of at least 4 members (excludes halogenated alkanes) is 1. The topological polar surface area (TPSA) is 81.9 Å². The number of hydrogen-bond acceptors (Lipinski definition) is 5. The smallest absolute Gasteiger partial charge is 0.0922 e. The monoisotopic (exact) mass is 270 g/mol. The van der Waals surface area contributed by atoms with Gasteiger partial charge in [0.1, 0.15) is 0 Å². The minimum Gasteiger partial charge on any atom is -0.396 e. The molecule has 20 heavy (non-hydrogen) atoms. The van der Waals surface area contributed by atoms with Crippen LogP contribution in [0.5, 0.6) is 0 Å². The maximum atomic E-state index is 8.70. The molecular formula is C15H18N4O. The van der Waals surface area contributed by atoms with E-state index in [4.69, 9.17) is 10.5 Å². The number of rotatable bonds is 7. The second-order valence-corrected chi connectivity index (χ2v) is 4.37. The Morgan fingerprint density at radius 1 is 1.25 bits per heavy atom. The Kier molecular flexibility index (Phi) is 5.20. The van der Waals surface area contributed by atoms with Gasteiger partial charge in [-0.1, -0.05) is 12.1 Å². The molecule has 1 heterocycles. The molecule has 5 nitrogen and oxygen atoms in total. The average Bonchev–Trinajstić information content (AvgIpc) is 2.50. The summed E-state index contributed by atoms with van der Waals surface area (Å²) in [6.45, 7) is 0.970. The van der Waals surface area contributed by atoms with E-state index in [0.29, 0.717) is 11.3 Å². The van der Waals surface area contributed by atoms with Gasteiger partial charge in [-0.15, -0.1) is 0 Å². The molecule has 3 N–H and O–H groups in total. The van der Waals surface area contributed by atoms with E-state index in [1.165, 1.54) is 6.21 Å². The zero-order valence-electron chi connectivity index (χ0n) is 11.2. The molecule has 0 unspecified atom stereocenters. The van der Waals surface area contributed by atoms with E-state index in [-0.39, 0.29) is 6.61 Å². The molecule has 1 aromatic heterocycles. The van der Waals surface area contributed by atoms with Gasteiger partial charge in [0.25, 0.3) is 0 Å². The first kappa shape index (κ1) is 14.1. The molecule has 0 saturated heterocycles. The molecule has 0 fully saturated rings. The van der Waals surface area contributed by atoms with Crippen molar-refractivity contribution in [2.45, 2.75) is 12.8 Å². The van der Waals surface area contributed by atoms with Gasteiger partial charge in [-0.3, -0.25) is 4.98 Å². The normalized spacial score (nSPS) is 11.6. The van der Waals surface area contributed by atoms with Crippen molar-refractivity contribution in [1.82, 2.24) is 15.3 Å². The van der Waals surface area contributed by atoms with Crippen molar-refractivity contribution in [3.8, 4) is 0 Å². The van der Waals surface area contributed by atoms with Crippen molar-refractivity contribution < 1.29 is 5.11 Å². The summed E-state index contributed by atoms with van der Waals surface area (Å²) in [4.78, 5) is 8.84. The van der Waals surface area contributed by atoms with Gasteiger partial charge in [-0.2, -0.15) is 0 Å². The molecule has 0 bridgehead atoms. The van der Waals surface area contributed by atoms with Crippen LogP contribution in [0, 0.1) is 5.41 Å². The summed E-state index contributed by atoms with van der Waals surface area (Å²) in [7, 11) is 0. The predicted octanol–water partition coefficient (Wildman–Crippen LogP) is 1.98. The molecule has 0 aliphatic carbocycles. The van der Waals surface area contributed by atoms with E-state index in [1.807, 2.05) is 24.3 Å². The number of hydrogen-bond donors (Lipinski definition) is 3. The van der Waals surface area contributed by atoms with E-state index < -0.39 is 0 Å². The highest BCUT2D eigenvalue weighted by atomic mass is 16.2. The average molecular weight is 270 g/mol. The minimum atomic E-state index is 0.207. The van der Waals surface area contributed by atoms with Crippen LogP contribution in [0.4, 0.5) is 0 Å². The first-order chi connectivity index (χ1) is 9.85. The zero-order chi connectivity index (χ0) is 14.2. The number of benzene rings is 1. The molecule has 2 aromatic rings. The number of aliphatic hydroxyl groups excluding tert-OH is 1. The van der Waals surface area contributed by atoms with Crippen LogP contribution in [0.15, 0.2) is 36.7 Å². The van der Waals surface area contributed by atoms with Gasteiger partial charge in [0.15, 0.2) is 0 Å². The molecule has 0 spiro atoms. The Bertz CT molecular complexity index is 610. The number of para-hydroxylation sites is 2. The molecule has 0 amide bonds. The van der Waals surface area contributed by atoms with E-state index in [9.17, 15) is 0 Å². The van der Waals surface area contributed by atoms with Crippen LogP contribution >= 0.6 is 0 Å². The summed E-state index contributed by atoms with van der Waals surface area (Å²) in [5.41, 5.74) is 3.02. The van der Waals surface area contributed by atoms with Crippen molar-refractivity contribution in [1.29, 1.82) is 5.41 Å². The fourth-order valence-electron chi connectivity index (χ4n) is 1.81. The molecule has 2 rings (SSSR count). The second-order valence-electron chi connectivity index (χ2n) is 4.37. The minimum absolute atomic E-state index is 0.207. The molecule has 104 valence electrons. The number of nitrogens with one attached hydrogen (secondary N) is 2. The summed E-state index contributed by atoms with van der Waals surface area (Å²) >= 11 is 0. The number of nitrogens with zero attached hydrogens (tertiary/aromatic N) is 2. The van der Waals surface area contributed by atoms with Gasteiger partial charge in [-0.05, 0) is 25.0 Å². The van der Waals surface area contributed by atoms with E-state index in [2.05, 4.69) is 15.3 Å². The molecule has 0 atom stereocenters. The SMILES string of the molecule is N=C/C(=C\NCCCCO)c1cnc2ccccc2n1. The number of aliphatic hydroxyl groups is 1. The van der Waals surface area contributed by atoms with E-state index in [1.54, 1.807) is 12.4 Å². The van der Waals surface area contributed by atoms with E-state index in [0.717, 1.165) is 30.4 Å². The molecule has 1 aromatic carbocycles. The lowest BCUT2D eigenvalue weighted by Gasteiger charge is -2.04. The molecule has 0 aliphatic rings. The van der Waals surface area contributed by atoms with Crippen molar-refractivity contribution >= 4 is 22.8 Å². The van der Waals surface area contributed by atoms with Crippen LogP contribution in [-0.4, -0.2) is 34.4 Å². The van der Waals surface area contributed by atoms with Gasteiger partial charge in [0, 0.05) is 31.1 Å². The number of fused-ring (bicyclic) bond motifs is 1. The summed E-state index contributed by atoms with van der Waals surface area (Å²) in [5.74, 6) is 0. The number of allylic oxidation sites excluding steroid dienone is 1. The van der Waals surface area contributed by atoms with Crippen molar-refractivity contribution in [3.05, 3.63) is 42.4 Å². The van der Waals surface area contributed by atoms with Gasteiger partial charge < -0.3 is 15.8 Å². The molecule has 5 heteroatoms. The maximum absolute atomic E-state index is 8.70. The third-order valence-corrected chi connectivity index (χ3v) is 2.89. The van der Waals surface area contributed by atoms with Gasteiger partial charge in [0.2, 0.25) is 0 Å². The third kappa shape index (κ3) is 3.61. The number of aromatic nitrogens is 2. The van der Waals surface area contributed by atoms with Crippen molar-refractivity contribution in [2.24, 2.45) is 0 Å². The quantitative estimate of drug-likeness (QED) is 0.531. The van der Waals surface area contributed by atoms with Gasteiger partial charge >= 0.3 is 0 Å². The summed E-state index contributed by atoms with van der Waals surface area (Å²) in [6, 6.07) is 7.66. The highest BCUT2D eigenvalue weighted by Crippen LogP contribution is 2.13. The Morgan fingerprint density at radius 2 is 2.05 bits per heavy atom. The standard InChI is InChI=1S/C15H18N4O/c16-9-12(10-17-7-3-4-8-20)15-11-18-13-5-1-2-6-14(13)19-15/h1-2,5-6,9-11,16-17,20H,3-4,7-8H2/b12-10+,16-9?. The third-order valence-electron chi connectivity index (χ3n) is 2.89. The molecule has 0 aliphatic heterocycles. The van der Waals surface area contributed by atoms with Crippen LogP contribution in [0.3, 0.4) is 0 Å². The Labute approximate surface area is 117 Å². The zero-order valence-corrected chi connectivity index (χ0v) is 11.2. The lowest BCUT2D eigenvalue weighted by atomic mass is 10.2. The lowest BCUT2D eigenvalue weighted by molar-refractivity contribution is 0.284. The first-order valence-corrected chi connectivity index (χ1v) is 6.62. The van der Waals surface area contributed by atoms with Gasteiger partial charge in [0.05, 0.1) is 22.9 Å². The molecule has 0 radical (unpaired) electrons. The second kappa shape index (κ2) is 7.35. The molecule has 0 saturated carbocycles. The van der Waals surface area contributed by atoms with Crippen LogP contribution in [0.2, 0.25) is 0 Å². The van der Waals surface area contributed by atoms with E-state index >= 15 is 0 Å². The van der Waals surface area contributed by atoms with Crippen LogP contribution in [0.25, 0.3) is 16.6 Å². The van der Waals surface area contributed by atoms with Crippen LogP contribution in [0.1, 0.15) is 18.5 Å². The Balaban J connectivity index is 2.12. The fourth-order valence-corrected chi connectivity index (χ4v) is 1.81. The fraction of sp³-hybridized carbons (Fsp3) is 0.267. The summed E-state index contributed by atoms with van der Waals surface area (Å²) in [5, 5.41) is 19.3. The van der Waals surface area contributed by atoms with Gasteiger partial charge in [-0.25, -0.2) is 4.98 Å². The first-order valence-electron chi connectivity index (χ1n) is 6.62. The van der Waals surface area contributed by atoms with Crippen molar-refractivity contribution in [2.75, 3.05) is 13.2 Å². The molecular weight excluding hydrogens is 252 g/mol. The van der Waals surface area contributed by atoms with Crippen LogP contribution < -0.4 is 5.32 Å². The Morgan fingerprint density at radius 3 is 2.80 bits per heavy atom. The Hall–Kier alpha value is -2.27. The van der Waals surface area contributed by atoms with Crippen LogP contribution in [-0.2, 0) is 0 Å². The maximum Gasteiger partial charge on any atom is 0.0922 e. The summed E-state index contributed by atoms with van der Waals surface area (Å²) < 4.78 is 0. The van der Waals surface area contributed by atoms with Crippen molar-refractivity contribution in [3.63, 3.8) is 0 Å². The highest BCUT2D eigenvalue weighted by Gasteiger charge is 2.03. The highest BCUT2D eigenvalue weighted by molar-refractivity contribution is 6.07.